The first kappa shape index (κ1) is 15.8. The lowest BCUT2D eigenvalue weighted by Crippen LogP contribution is -2.18. The molecule has 0 aliphatic heterocycles. The number of rotatable bonds is 4. The summed E-state index contributed by atoms with van der Waals surface area (Å²) in [5, 5.41) is 4.02. The summed E-state index contributed by atoms with van der Waals surface area (Å²) in [6, 6.07) is 11.9. The molecule has 1 unspecified atom stereocenters. The van der Waals surface area contributed by atoms with Gasteiger partial charge in [0.25, 0.3) is 0 Å². The second kappa shape index (κ2) is 6.94. The van der Waals surface area contributed by atoms with E-state index in [4.69, 9.17) is 16.3 Å². The number of methoxy groups -OCH3 is 1. The van der Waals surface area contributed by atoms with Crippen molar-refractivity contribution < 1.29 is 4.74 Å². The molecular weight excluding hydrogens is 405 g/mol. The Morgan fingerprint density at radius 1 is 1.10 bits per heavy atom. The molecule has 1 N–H and O–H groups in total. The van der Waals surface area contributed by atoms with Crippen molar-refractivity contribution in [3.63, 3.8) is 0 Å². The van der Waals surface area contributed by atoms with E-state index in [0.717, 1.165) is 30.8 Å². The van der Waals surface area contributed by atoms with Crippen LogP contribution in [0, 0.1) is 0 Å². The molecule has 2 nitrogen and oxygen atoms in total. The molecule has 5 heteroatoms. The van der Waals surface area contributed by atoms with E-state index in [1.165, 1.54) is 0 Å². The maximum atomic E-state index is 6.40. The third kappa shape index (κ3) is 3.19. The van der Waals surface area contributed by atoms with Crippen molar-refractivity contribution in [2.24, 2.45) is 0 Å². The van der Waals surface area contributed by atoms with Crippen molar-refractivity contribution >= 4 is 43.5 Å². The Morgan fingerprint density at radius 2 is 1.85 bits per heavy atom. The highest BCUT2D eigenvalue weighted by atomic mass is 79.9. The molecule has 106 valence electrons. The number of ether oxygens (including phenoxy) is 1. The highest BCUT2D eigenvalue weighted by molar-refractivity contribution is 9.10. The van der Waals surface area contributed by atoms with E-state index in [1.807, 2.05) is 43.4 Å². The second-order valence-corrected chi connectivity index (χ2v) is 6.34. The Labute approximate surface area is 140 Å². The lowest BCUT2D eigenvalue weighted by molar-refractivity contribution is 0.414. The lowest BCUT2D eigenvalue weighted by atomic mass is 9.98. The Hall–Kier alpha value is -0.550. The van der Waals surface area contributed by atoms with Crippen LogP contribution in [0.1, 0.15) is 17.2 Å². The van der Waals surface area contributed by atoms with Gasteiger partial charge in [0.15, 0.2) is 0 Å². The maximum Gasteiger partial charge on any atom is 0.120 e. The van der Waals surface area contributed by atoms with Crippen molar-refractivity contribution in [2.45, 2.75) is 6.04 Å². The predicted octanol–water partition coefficient (Wildman–Crippen LogP) is 5.18. The molecule has 2 rings (SSSR count). The van der Waals surface area contributed by atoms with Gasteiger partial charge in [0.2, 0.25) is 0 Å². The summed E-state index contributed by atoms with van der Waals surface area (Å²) in [6.45, 7) is 0. The van der Waals surface area contributed by atoms with Gasteiger partial charge in [-0.15, -0.1) is 0 Å². The van der Waals surface area contributed by atoms with Gasteiger partial charge in [-0.1, -0.05) is 45.7 Å². The Morgan fingerprint density at radius 3 is 2.45 bits per heavy atom. The minimum atomic E-state index is 0.000260. The van der Waals surface area contributed by atoms with Crippen molar-refractivity contribution in [3.05, 3.63) is 61.5 Å². The zero-order chi connectivity index (χ0) is 14.7. The SMILES string of the molecule is CNC(c1ccc(OC)cc1Br)c1cccc(Br)c1Cl. The summed E-state index contributed by atoms with van der Waals surface area (Å²) >= 11 is 13.5. The highest BCUT2D eigenvalue weighted by Crippen LogP contribution is 2.36. The van der Waals surface area contributed by atoms with Crippen LogP contribution in [0.4, 0.5) is 0 Å². The average Bonchev–Trinajstić information content (AvgIpc) is 2.45. The molecule has 0 saturated heterocycles. The summed E-state index contributed by atoms with van der Waals surface area (Å²) in [5.41, 5.74) is 2.13. The second-order valence-electron chi connectivity index (χ2n) is 4.25. The predicted molar refractivity (Wildman–Crippen MR) is 90.7 cm³/mol. The van der Waals surface area contributed by atoms with Crippen molar-refractivity contribution in [3.8, 4) is 5.75 Å². The molecule has 2 aromatic carbocycles. The molecule has 0 radical (unpaired) electrons. The zero-order valence-corrected chi connectivity index (χ0v) is 15.0. The standard InChI is InChI=1S/C15H14Br2ClNO/c1-19-15(11-4-3-5-12(16)14(11)18)10-7-6-9(20-2)8-13(10)17/h3-8,15,19H,1-2H3. The molecule has 0 aliphatic carbocycles. The van der Waals surface area contributed by atoms with Gasteiger partial charge in [-0.05, 0) is 52.3 Å². The van der Waals surface area contributed by atoms with Crippen LogP contribution in [0.15, 0.2) is 45.3 Å². The minimum absolute atomic E-state index is 0.000260. The van der Waals surface area contributed by atoms with E-state index in [-0.39, 0.29) is 6.04 Å². The molecule has 0 bridgehead atoms. The Bertz CT molecular complexity index is 619. The summed E-state index contributed by atoms with van der Waals surface area (Å²) in [7, 11) is 3.57. The van der Waals surface area contributed by atoms with Crippen LogP contribution in [0.2, 0.25) is 5.02 Å². The summed E-state index contributed by atoms with van der Waals surface area (Å²) in [5.74, 6) is 0.816. The van der Waals surface area contributed by atoms with Crippen LogP contribution in [-0.2, 0) is 0 Å². The molecule has 0 fully saturated rings. The highest BCUT2D eigenvalue weighted by Gasteiger charge is 2.19. The average molecular weight is 420 g/mol. The molecular formula is C15H14Br2ClNO. The van der Waals surface area contributed by atoms with Gasteiger partial charge in [-0.3, -0.25) is 0 Å². The molecule has 0 amide bonds. The fourth-order valence-electron chi connectivity index (χ4n) is 2.09. The monoisotopic (exact) mass is 417 g/mol. The van der Waals surface area contributed by atoms with Crippen LogP contribution in [0.25, 0.3) is 0 Å². The van der Waals surface area contributed by atoms with Crippen LogP contribution >= 0.6 is 43.5 Å². The number of nitrogens with one attached hydrogen (secondary N) is 1. The molecule has 0 saturated carbocycles. The van der Waals surface area contributed by atoms with E-state index in [1.54, 1.807) is 7.11 Å². The number of hydrogen-bond donors (Lipinski definition) is 1. The summed E-state index contributed by atoms with van der Waals surface area (Å²) in [4.78, 5) is 0. The fraction of sp³-hybridized carbons (Fsp3) is 0.200. The zero-order valence-electron chi connectivity index (χ0n) is 11.1. The minimum Gasteiger partial charge on any atom is -0.497 e. The maximum absolute atomic E-state index is 6.40. The van der Waals surface area contributed by atoms with Crippen LogP contribution < -0.4 is 10.1 Å². The van der Waals surface area contributed by atoms with Gasteiger partial charge in [-0.25, -0.2) is 0 Å². The van der Waals surface area contributed by atoms with Crippen LogP contribution in [0.3, 0.4) is 0 Å². The normalized spacial score (nSPS) is 12.2. The number of benzene rings is 2. The number of halogens is 3. The molecule has 20 heavy (non-hydrogen) atoms. The topological polar surface area (TPSA) is 21.3 Å². The first-order valence-corrected chi connectivity index (χ1v) is 7.99. The largest absolute Gasteiger partial charge is 0.497 e. The van der Waals surface area contributed by atoms with Crippen LogP contribution in [0.5, 0.6) is 5.75 Å². The Kier molecular flexibility index (Phi) is 5.49. The summed E-state index contributed by atoms with van der Waals surface area (Å²) < 4.78 is 7.10. The Balaban J connectivity index is 2.50. The third-order valence-corrected chi connectivity index (χ3v) is 5.10. The van der Waals surface area contributed by atoms with E-state index >= 15 is 0 Å². The molecule has 0 spiro atoms. The van der Waals surface area contributed by atoms with Gasteiger partial charge >= 0.3 is 0 Å². The van der Waals surface area contributed by atoms with E-state index in [0.29, 0.717) is 0 Å². The first-order valence-electron chi connectivity index (χ1n) is 6.03. The van der Waals surface area contributed by atoms with E-state index in [9.17, 15) is 0 Å². The van der Waals surface area contributed by atoms with Gasteiger partial charge in [0.05, 0.1) is 18.2 Å². The third-order valence-electron chi connectivity index (χ3n) is 3.10. The number of hydrogen-bond acceptors (Lipinski definition) is 2. The molecule has 0 aliphatic rings. The molecule has 2 aromatic rings. The van der Waals surface area contributed by atoms with Crippen molar-refractivity contribution in [2.75, 3.05) is 14.2 Å². The first-order chi connectivity index (χ1) is 9.58. The van der Waals surface area contributed by atoms with Gasteiger partial charge in [0, 0.05) is 8.95 Å². The smallest absolute Gasteiger partial charge is 0.120 e. The fourth-order valence-corrected chi connectivity index (χ4v) is 3.29. The lowest BCUT2D eigenvalue weighted by Gasteiger charge is -2.21. The van der Waals surface area contributed by atoms with Gasteiger partial charge in [0.1, 0.15) is 5.75 Å². The molecule has 0 heterocycles. The summed E-state index contributed by atoms with van der Waals surface area (Å²) in [6.07, 6.45) is 0. The van der Waals surface area contributed by atoms with Crippen molar-refractivity contribution in [1.82, 2.24) is 5.32 Å². The van der Waals surface area contributed by atoms with Gasteiger partial charge < -0.3 is 10.1 Å². The molecule has 0 aromatic heterocycles. The van der Waals surface area contributed by atoms with E-state index in [2.05, 4.69) is 37.2 Å². The quantitative estimate of drug-likeness (QED) is 0.737. The van der Waals surface area contributed by atoms with Crippen molar-refractivity contribution in [1.29, 1.82) is 0 Å². The van der Waals surface area contributed by atoms with E-state index < -0.39 is 0 Å². The molecule has 1 atom stereocenters. The van der Waals surface area contributed by atoms with Crippen LogP contribution in [-0.4, -0.2) is 14.2 Å². The van der Waals surface area contributed by atoms with Gasteiger partial charge in [-0.2, -0.15) is 0 Å².